The van der Waals surface area contributed by atoms with E-state index >= 15 is 0 Å². The van der Waals surface area contributed by atoms with Crippen molar-refractivity contribution in [3.8, 4) is 5.75 Å². The number of fused-ring (bicyclic) bond motifs is 1. The van der Waals surface area contributed by atoms with Crippen LogP contribution in [-0.2, 0) is 6.42 Å². The number of benzene rings is 3. The van der Waals surface area contributed by atoms with Crippen molar-refractivity contribution in [2.75, 3.05) is 13.7 Å². The minimum absolute atomic E-state index is 0.0814. The van der Waals surface area contributed by atoms with Crippen LogP contribution in [0, 0.1) is 5.82 Å². The van der Waals surface area contributed by atoms with E-state index in [2.05, 4.69) is 0 Å². The van der Waals surface area contributed by atoms with Gasteiger partial charge in [-0.2, -0.15) is 0 Å². The number of hydrogen-bond donors (Lipinski definition) is 0. The van der Waals surface area contributed by atoms with Gasteiger partial charge in [-0.15, -0.1) is 0 Å². The minimum Gasteiger partial charge on any atom is -0.497 e. The highest BCUT2D eigenvalue weighted by molar-refractivity contribution is 6.33. The van der Waals surface area contributed by atoms with Gasteiger partial charge >= 0.3 is 0 Å². The van der Waals surface area contributed by atoms with Gasteiger partial charge in [-0.1, -0.05) is 54.1 Å². The van der Waals surface area contributed by atoms with E-state index in [1.165, 1.54) is 18.2 Å². The van der Waals surface area contributed by atoms with Crippen molar-refractivity contribution in [1.29, 1.82) is 0 Å². The molecule has 0 bridgehead atoms. The molecule has 0 saturated heterocycles. The van der Waals surface area contributed by atoms with Gasteiger partial charge in [-0.3, -0.25) is 4.79 Å². The average Bonchev–Trinajstić information content (AvgIpc) is 2.72. The fourth-order valence-corrected chi connectivity index (χ4v) is 4.03. The third kappa shape index (κ3) is 3.25. The lowest BCUT2D eigenvalue weighted by molar-refractivity contribution is 0.0690. The molecule has 0 N–H and O–H groups in total. The molecule has 5 heteroatoms. The summed E-state index contributed by atoms with van der Waals surface area (Å²) in [4.78, 5) is 15.0. The predicted molar refractivity (Wildman–Crippen MR) is 107 cm³/mol. The van der Waals surface area contributed by atoms with Crippen LogP contribution in [0.3, 0.4) is 0 Å². The van der Waals surface area contributed by atoms with E-state index in [1.807, 2.05) is 48.5 Å². The van der Waals surface area contributed by atoms with Crippen molar-refractivity contribution >= 4 is 17.5 Å². The molecule has 1 aliphatic rings. The summed E-state index contributed by atoms with van der Waals surface area (Å²) in [7, 11) is 1.63. The van der Waals surface area contributed by atoms with Gasteiger partial charge in [0.05, 0.1) is 23.7 Å². The SMILES string of the molecule is COc1ccc2c(c1)CCN(C(=O)c1c(F)cccc1Cl)C2c1ccccc1. The lowest BCUT2D eigenvalue weighted by atomic mass is 9.87. The van der Waals surface area contributed by atoms with Crippen LogP contribution in [-0.4, -0.2) is 24.5 Å². The van der Waals surface area contributed by atoms with Gasteiger partial charge in [0.15, 0.2) is 0 Å². The van der Waals surface area contributed by atoms with Gasteiger partial charge in [0, 0.05) is 6.54 Å². The first-order valence-electron chi connectivity index (χ1n) is 9.07. The molecule has 1 unspecified atom stereocenters. The highest BCUT2D eigenvalue weighted by Gasteiger charge is 2.34. The van der Waals surface area contributed by atoms with Crippen molar-refractivity contribution in [2.24, 2.45) is 0 Å². The third-order valence-corrected chi connectivity index (χ3v) is 5.45. The Labute approximate surface area is 168 Å². The van der Waals surface area contributed by atoms with Crippen molar-refractivity contribution in [1.82, 2.24) is 4.90 Å². The van der Waals surface area contributed by atoms with Crippen LogP contribution < -0.4 is 4.74 Å². The van der Waals surface area contributed by atoms with E-state index in [4.69, 9.17) is 16.3 Å². The fourth-order valence-electron chi connectivity index (χ4n) is 3.79. The van der Waals surface area contributed by atoms with Gasteiger partial charge in [0.1, 0.15) is 11.6 Å². The maximum Gasteiger partial charge on any atom is 0.259 e. The molecule has 142 valence electrons. The summed E-state index contributed by atoms with van der Waals surface area (Å²) in [6.07, 6.45) is 0.660. The number of methoxy groups -OCH3 is 1. The molecule has 3 aromatic rings. The van der Waals surface area contributed by atoms with Gasteiger partial charge in [0.25, 0.3) is 5.91 Å². The van der Waals surface area contributed by atoms with Crippen molar-refractivity contribution in [2.45, 2.75) is 12.5 Å². The number of amides is 1. The smallest absolute Gasteiger partial charge is 0.259 e. The second-order valence-corrected chi connectivity index (χ2v) is 7.13. The molecule has 0 fully saturated rings. The molecule has 1 atom stereocenters. The second-order valence-electron chi connectivity index (χ2n) is 6.72. The molecular formula is C23H19ClFNO2. The normalized spacial score (nSPS) is 15.8. The first-order chi connectivity index (χ1) is 13.6. The minimum atomic E-state index is -0.607. The number of rotatable bonds is 3. The lowest BCUT2D eigenvalue weighted by Crippen LogP contribution is -2.41. The Balaban J connectivity index is 1.83. The summed E-state index contributed by atoms with van der Waals surface area (Å²) in [6, 6.07) is 19.6. The summed E-state index contributed by atoms with van der Waals surface area (Å²) in [5, 5.41) is 0.123. The molecular weight excluding hydrogens is 377 g/mol. The zero-order valence-corrected chi connectivity index (χ0v) is 16.1. The molecule has 3 nitrogen and oxygen atoms in total. The first-order valence-corrected chi connectivity index (χ1v) is 9.44. The third-order valence-electron chi connectivity index (χ3n) is 5.13. The zero-order chi connectivity index (χ0) is 19.7. The van der Waals surface area contributed by atoms with Crippen LogP contribution in [0.25, 0.3) is 0 Å². The maximum absolute atomic E-state index is 14.4. The van der Waals surface area contributed by atoms with Crippen molar-refractivity contribution < 1.29 is 13.9 Å². The van der Waals surface area contributed by atoms with E-state index in [0.717, 1.165) is 22.4 Å². The molecule has 1 aliphatic heterocycles. The second kappa shape index (κ2) is 7.64. The highest BCUT2D eigenvalue weighted by Crippen LogP contribution is 2.38. The van der Waals surface area contributed by atoms with Crippen LogP contribution in [0.15, 0.2) is 66.7 Å². The van der Waals surface area contributed by atoms with Crippen molar-refractivity contribution in [3.05, 3.63) is 99.8 Å². The van der Waals surface area contributed by atoms with Gasteiger partial charge < -0.3 is 9.64 Å². The van der Waals surface area contributed by atoms with Gasteiger partial charge in [0.2, 0.25) is 0 Å². The summed E-state index contributed by atoms with van der Waals surface area (Å²) in [6.45, 7) is 0.462. The monoisotopic (exact) mass is 395 g/mol. The van der Waals surface area contributed by atoms with E-state index in [0.29, 0.717) is 13.0 Å². The summed E-state index contributed by atoms with van der Waals surface area (Å²) in [5.74, 6) is -0.231. The van der Waals surface area contributed by atoms with Crippen LogP contribution in [0.5, 0.6) is 5.75 Å². The molecule has 0 saturated carbocycles. The molecule has 0 aromatic heterocycles. The Kier molecular flexibility index (Phi) is 5.05. The van der Waals surface area contributed by atoms with Crippen LogP contribution in [0.1, 0.15) is 33.1 Å². The quantitative estimate of drug-likeness (QED) is 0.604. The molecule has 4 rings (SSSR count). The number of carbonyl (C=O) groups excluding carboxylic acids is 1. The number of hydrogen-bond acceptors (Lipinski definition) is 2. The molecule has 0 radical (unpaired) electrons. The number of carbonyl (C=O) groups is 1. The molecule has 0 aliphatic carbocycles. The topological polar surface area (TPSA) is 29.5 Å². The van der Waals surface area contributed by atoms with Gasteiger partial charge in [-0.25, -0.2) is 4.39 Å². The number of ether oxygens (including phenoxy) is 1. The Morgan fingerprint density at radius 1 is 1.11 bits per heavy atom. The largest absolute Gasteiger partial charge is 0.497 e. The van der Waals surface area contributed by atoms with E-state index in [-0.39, 0.29) is 16.6 Å². The lowest BCUT2D eigenvalue weighted by Gasteiger charge is -2.38. The van der Waals surface area contributed by atoms with Gasteiger partial charge in [-0.05, 0) is 47.4 Å². The standard InChI is InChI=1S/C23H19ClFNO2/c1-28-17-10-11-18-16(14-17)12-13-26(22(18)15-6-3-2-4-7-15)23(27)21-19(24)8-5-9-20(21)25/h2-11,14,22H,12-13H2,1H3. The first kappa shape index (κ1) is 18.5. The summed E-state index contributed by atoms with van der Waals surface area (Å²) >= 11 is 6.17. The Morgan fingerprint density at radius 2 is 1.89 bits per heavy atom. The Morgan fingerprint density at radius 3 is 2.61 bits per heavy atom. The zero-order valence-electron chi connectivity index (χ0n) is 15.4. The highest BCUT2D eigenvalue weighted by atomic mass is 35.5. The molecule has 1 amide bonds. The summed E-state index contributed by atoms with van der Waals surface area (Å²) < 4.78 is 19.8. The molecule has 28 heavy (non-hydrogen) atoms. The molecule has 0 spiro atoms. The van der Waals surface area contributed by atoms with Crippen LogP contribution >= 0.6 is 11.6 Å². The molecule has 1 heterocycles. The summed E-state index contributed by atoms with van der Waals surface area (Å²) in [5.41, 5.74) is 3.02. The van der Waals surface area contributed by atoms with E-state index in [1.54, 1.807) is 12.0 Å². The van der Waals surface area contributed by atoms with E-state index in [9.17, 15) is 9.18 Å². The number of nitrogens with zero attached hydrogens (tertiary/aromatic N) is 1. The van der Waals surface area contributed by atoms with Crippen molar-refractivity contribution in [3.63, 3.8) is 0 Å². The molecule has 3 aromatic carbocycles. The Hall–Kier alpha value is -2.85. The number of halogens is 2. The van der Waals surface area contributed by atoms with Crippen LogP contribution in [0.2, 0.25) is 5.02 Å². The average molecular weight is 396 g/mol. The predicted octanol–water partition coefficient (Wildman–Crippen LogP) is 5.28. The van der Waals surface area contributed by atoms with Crippen LogP contribution in [0.4, 0.5) is 4.39 Å². The Bertz CT molecular complexity index is 1000. The maximum atomic E-state index is 14.4. The fraction of sp³-hybridized carbons (Fsp3) is 0.174. The van der Waals surface area contributed by atoms with E-state index < -0.39 is 11.7 Å².